The van der Waals surface area contributed by atoms with E-state index in [2.05, 4.69) is 19.9 Å². The van der Waals surface area contributed by atoms with Gasteiger partial charge in [-0.1, -0.05) is 0 Å². The minimum Gasteiger partial charge on any atom is -0.462 e. The normalized spacial score (nSPS) is 15.6. The van der Waals surface area contributed by atoms with E-state index in [0.717, 1.165) is 25.9 Å². The van der Waals surface area contributed by atoms with Crippen molar-refractivity contribution >= 4 is 22.7 Å². The molecule has 2 aromatic heterocycles. The third-order valence-electron chi connectivity index (χ3n) is 4.12. The van der Waals surface area contributed by atoms with Crippen LogP contribution >= 0.6 is 0 Å². The number of fused-ring (bicyclic) bond motifs is 1. The zero-order chi connectivity index (χ0) is 17.6. The Bertz CT molecular complexity index is 765. The lowest BCUT2D eigenvalue weighted by molar-refractivity contribution is -0.136. The summed E-state index contributed by atoms with van der Waals surface area (Å²) in [5.41, 5.74) is 2.10. The smallest absolute Gasteiger partial charge is 0.341 e. The summed E-state index contributed by atoms with van der Waals surface area (Å²) < 4.78 is 12.2. The SMILES string of the molecule is CCOC(=O)/C(=C/N1CCCCC1)c1ncnc2c1ncn2COC. The van der Waals surface area contributed by atoms with Gasteiger partial charge in [-0.05, 0) is 26.2 Å². The van der Waals surface area contributed by atoms with Gasteiger partial charge in [-0.25, -0.2) is 19.7 Å². The summed E-state index contributed by atoms with van der Waals surface area (Å²) in [6.07, 6.45) is 8.39. The van der Waals surface area contributed by atoms with Crippen LogP contribution in [0, 0.1) is 0 Å². The Balaban J connectivity index is 2.04. The van der Waals surface area contributed by atoms with Crippen LogP contribution in [0.5, 0.6) is 0 Å². The summed E-state index contributed by atoms with van der Waals surface area (Å²) in [5, 5.41) is 0. The average molecular weight is 345 g/mol. The number of esters is 1. The van der Waals surface area contributed by atoms with Crippen molar-refractivity contribution in [2.75, 3.05) is 26.8 Å². The van der Waals surface area contributed by atoms with Gasteiger partial charge < -0.3 is 14.4 Å². The Labute approximate surface area is 146 Å². The topological polar surface area (TPSA) is 82.4 Å². The largest absolute Gasteiger partial charge is 0.462 e. The maximum Gasteiger partial charge on any atom is 0.341 e. The Morgan fingerprint density at radius 2 is 2.04 bits per heavy atom. The molecule has 3 rings (SSSR count). The van der Waals surface area contributed by atoms with Crippen LogP contribution in [-0.2, 0) is 21.0 Å². The molecule has 25 heavy (non-hydrogen) atoms. The molecule has 0 aliphatic carbocycles. The van der Waals surface area contributed by atoms with Crippen molar-refractivity contribution < 1.29 is 14.3 Å². The molecule has 0 unspecified atom stereocenters. The van der Waals surface area contributed by atoms with Crippen LogP contribution in [0.2, 0.25) is 0 Å². The standard InChI is InChI=1S/C17H23N5O3/c1-3-25-17(23)13(9-21-7-5-4-6-8-21)14-15-16(19-10-18-14)22(11-20-15)12-24-2/h9-11H,3-8,12H2,1-2H3/b13-9+. The number of aromatic nitrogens is 4. The molecule has 0 spiro atoms. The molecule has 0 N–H and O–H groups in total. The Kier molecular flexibility index (Phi) is 5.60. The molecule has 0 amide bonds. The van der Waals surface area contributed by atoms with E-state index in [0.29, 0.717) is 35.8 Å². The van der Waals surface area contributed by atoms with Gasteiger partial charge in [-0.15, -0.1) is 0 Å². The number of ether oxygens (including phenoxy) is 2. The number of imidazole rings is 1. The van der Waals surface area contributed by atoms with Crippen molar-refractivity contribution in [2.45, 2.75) is 32.9 Å². The maximum atomic E-state index is 12.6. The van der Waals surface area contributed by atoms with Crippen molar-refractivity contribution in [2.24, 2.45) is 0 Å². The second-order valence-corrected chi connectivity index (χ2v) is 5.89. The first-order chi connectivity index (χ1) is 12.2. The number of carbonyl (C=O) groups is 1. The number of carbonyl (C=O) groups excluding carboxylic acids is 1. The fraction of sp³-hybridized carbons (Fsp3) is 0.529. The molecule has 1 aliphatic rings. The van der Waals surface area contributed by atoms with Crippen LogP contribution in [0.15, 0.2) is 18.9 Å². The maximum absolute atomic E-state index is 12.6. The van der Waals surface area contributed by atoms with E-state index in [1.165, 1.54) is 12.7 Å². The summed E-state index contributed by atoms with van der Waals surface area (Å²) in [4.78, 5) is 27.7. The first-order valence-corrected chi connectivity index (χ1v) is 8.52. The Morgan fingerprint density at radius 1 is 1.24 bits per heavy atom. The molecule has 8 heteroatoms. The van der Waals surface area contributed by atoms with Gasteiger partial charge >= 0.3 is 5.97 Å². The monoisotopic (exact) mass is 345 g/mol. The summed E-state index contributed by atoms with van der Waals surface area (Å²) in [6, 6.07) is 0. The van der Waals surface area contributed by atoms with Gasteiger partial charge in [0.15, 0.2) is 5.65 Å². The van der Waals surface area contributed by atoms with E-state index in [9.17, 15) is 4.79 Å². The molecule has 1 fully saturated rings. The second kappa shape index (κ2) is 8.06. The number of hydrogen-bond acceptors (Lipinski definition) is 7. The molecule has 0 bridgehead atoms. The predicted octanol–water partition coefficient (Wildman–Crippen LogP) is 1.82. The van der Waals surface area contributed by atoms with Crippen molar-refractivity contribution in [1.29, 1.82) is 0 Å². The minimum atomic E-state index is -0.394. The van der Waals surface area contributed by atoms with E-state index < -0.39 is 5.97 Å². The molecular formula is C17H23N5O3. The molecule has 8 nitrogen and oxygen atoms in total. The molecule has 0 atom stereocenters. The van der Waals surface area contributed by atoms with Crippen molar-refractivity contribution in [3.8, 4) is 0 Å². The highest BCUT2D eigenvalue weighted by molar-refractivity contribution is 6.18. The predicted molar refractivity (Wildman–Crippen MR) is 92.4 cm³/mol. The lowest BCUT2D eigenvalue weighted by Gasteiger charge is -2.25. The molecule has 2 aromatic rings. The highest BCUT2D eigenvalue weighted by Crippen LogP contribution is 2.23. The first-order valence-electron chi connectivity index (χ1n) is 8.52. The molecule has 0 saturated carbocycles. The molecule has 0 radical (unpaired) electrons. The van der Waals surface area contributed by atoms with Gasteiger partial charge in [0.25, 0.3) is 0 Å². The average Bonchev–Trinajstić information content (AvgIpc) is 3.04. The number of rotatable bonds is 6. The van der Waals surface area contributed by atoms with Gasteiger partial charge in [-0.3, -0.25) is 4.57 Å². The van der Waals surface area contributed by atoms with E-state index in [1.54, 1.807) is 24.9 Å². The van der Waals surface area contributed by atoms with Gasteiger partial charge in [0.2, 0.25) is 0 Å². The third kappa shape index (κ3) is 3.79. The quantitative estimate of drug-likeness (QED) is 0.583. The van der Waals surface area contributed by atoms with Gasteiger partial charge in [0.1, 0.15) is 29.8 Å². The van der Waals surface area contributed by atoms with Crippen LogP contribution in [0.4, 0.5) is 0 Å². The first kappa shape index (κ1) is 17.3. The summed E-state index contributed by atoms with van der Waals surface area (Å²) in [6.45, 7) is 4.28. The minimum absolute atomic E-state index is 0.308. The number of piperidine rings is 1. The number of likely N-dealkylation sites (tertiary alicyclic amines) is 1. The Hall–Kier alpha value is -2.48. The highest BCUT2D eigenvalue weighted by Gasteiger charge is 2.22. The molecule has 1 saturated heterocycles. The van der Waals surface area contributed by atoms with E-state index in [-0.39, 0.29) is 0 Å². The lowest BCUT2D eigenvalue weighted by Crippen LogP contribution is -2.26. The van der Waals surface area contributed by atoms with Crippen LogP contribution in [0.3, 0.4) is 0 Å². The lowest BCUT2D eigenvalue weighted by atomic mass is 10.1. The fourth-order valence-electron chi connectivity index (χ4n) is 2.96. The van der Waals surface area contributed by atoms with Crippen LogP contribution in [-0.4, -0.2) is 57.2 Å². The van der Waals surface area contributed by atoms with Crippen molar-refractivity contribution in [3.05, 3.63) is 24.5 Å². The second-order valence-electron chi connectivity index (χ2n) is 5.89. The molecule has 134 valence electrons. The highest BCUT2D eigenvalue weighted by atomic mass is 16.5. The fourth-order valence-corrected chi connectivity index (χ4v) is 2.96. The van der Waals surface area contributed by atoms with Crippen LogP contribution < -0.4 is 0 Å². The van der Waals surface area contributed by atoms with Gasteiger partial charge in [0, 0.05) is 26.4 Å². The third-order valence-corrected chi connectivity index (χ3v) is 4.12. The number of hydrogen-bond donors (Lipinski definition) is 0. The van der Waals surface area contributed by atoms with Gasteiger partial charge in [0.05, 0.1) is 12.9 Å². The zero-order valence-electron chi connectivity index (χ0n) is 14.6. The van der Waals surface area contributed by atoms with Gasteiger partial charge in [-0.2, -0.15) is 0 Å². The number of nitrogens with zero attached hydrogens (tertiary/aromatic N) is 5. The van der Waals surface area contributed by atoms with E-state index >= 15 is 0 Å². The molecular weight excluding hydrogens is 322 g/mol. The molecule has 1 aliphatic heterocycles. The van der Waals surface area contributed by atoms with Crippen molar-refractivity contribution in [1.82, 2.24) is 24.4 Å². The van der Waals surface area contributed by atoms with Crippen LogP contribution in [0.25, 0.3) is 16.7 Å². The van der Waals surface area contributed by atoms with Crippen LogP contribution in [0.1, 0.15) is 31.9 Å². The summed E-state index contributed by atoms with van der Waals surface area (Å²) >= 11 is 0. The zero-order valence-corrected chi connectivity index (χ0v) is 14.6. The van der Waals surface area contributed by atoms with Crippen molar-refractivity contribution in [3.63, 3.8) is 0 Å². The van der Waals surface area contributed by atoms with E-state index in [4.69, 9.17) is 9.47 Å². The summed E-state index contributed by atoms with van der Waals surface area (Å²) in [5.74, 6) is -0.394. The molecule has 3 heterocycles. The Morgan fingerprint density at radius 3 is 2.76 bits per heavy atom. The molecule has 0 aromatic carbocycles. The summed E-state index contributed by atoms with van der Waals surface area (Å²) in [7, 11) is 1.61. The number of methoxy groups -OCH3 is 1. The van der Waals surface area contributed by atoms with E-state index in [1.807, 2.05) is 6.20 Å².